The second kappa shape index (κ2) is 4.65. The largest absolute Gasteiger partial charge is 0.324 e. The quantitative estimate of drug-likeness (QED) is 0.757. The van der Waals surface area contributed by atoms with Gasteiger partial charge in [0, 0.05) is 5.69 Å². The second-order valence-electron chi connectivity index (χ2n) is 4.54. The van der Waals surface area contributed by atoms with Gasteiger partial charge in [0.05, 0.1) is 17.2 Å². The molecule has 0 radical (unpaired) electrons. The maximum absolute atomic E-state index is 4.52. The molecule has 94 valence electrons. The molecule has 0 aliphatic rings. The number of hydrogen-bond acceptors (Lipinski definition) is 4. The van der Waals surface area contributed by atoms with Crippen molar-refractivity contribution >= 4 is 22.7 Å². The number of aryl methyl sites for hydroxylation is 2. The number of aromatic nitrogens is 3. The minimum absolute atomic E-state index is 0.705. The monoisotopic (exact) mass is 250 g/mol. The van der Waals surface area contributed by atoms with Gasteiger partial charge in [0.1, 0.15) is 5.82 Å². The van der Waals surface area contributed by atoms with Gasteiger partial charge in [-0.05, 0) is 43.7 Å². The standard InChI is InChI=1S/C15H14N4/c1-10-7-11(2)17-14(8-10)19-15-9-16-12-5-3-4-6-13(12)18-15/h3-9H,1-2H3,(H,17,18,19). The van der Waals surface area contributed by atoms with Crippen LogP contribution in [0.3, 0.4) is 0 Å². The Hall–Kier alpha value is -2.49. The first kappa shape index (κ1) is 11.6. The van der Waals surface area contributed by atoms with Gasteiger partial charge in [0.2, 0.25) is 0 Å². The SMILES string of the molecule is Cc1cc(C)nc(Nc2cnc3ccccc3n2)c1. The van der Waals surface area contributed by atoms with E-state index in [0.29, 0.717) is 5.82 Å². The average Bonchev–Trinajstić information content (AvgIpc) is 2.37. The lowest BCUT2D eigenvalue weighted by Crippen LogP contribution is -1.99. The number of pyridine rings is 1. The zero-order chi connectivity index (χ0) is 13.2. The fraction of sp³-hybridized carbons (Fsp3) is 0.133. The Labute approximate surface area is 111 Å². The lowest BCUT2D eigenvalue weighted by Gasteiger charge is -2.07. The Morgan fingerprint density at radius 3 is 2.47 bits per heavy atom. The Morgan fingerprint density at radius 1 is 0.895 bits per heavy atom. The summed E-state index contributed by atoms with van der Waals surface area (Å²) in [4.78, 5) is 13.3. The summed E-state index contributed by atoms with van der Waals surface area (Å²) in [6.07, 6.45) is 1.72. The first-order valence-corrected chi connectivity index (χ1v) is 6.15. The molecule has 0 bridgehead atoms. The van der Waals surface area contributed by atoms with Gasteiger partial charge >= 0.3 is 0 Å². The summed E-state index contributed by atoms with van der Waals surface area (Å²) in [5, 5.41) is 3.19. The Bertz CT molecular complexity index is 717. The molecule has 4 nitrogen and oxygen atoms in total. The maximum Gasteiger partial charge on any atom is 0.150 e. The van der Waals surface area contributed by atoms with Gasteiger partial charge in [-0.1, -0.05) is 12.1 Å². The predicted octanol–water partition coefficient (Wildman–Crippen LogP) is 3.39. The maximum atomic E-state index is 4.52. The molecule has 19 heavy (non-hydrogen) atoms. The van der Waals surface area contributed by atoms with Crippen LogP contribution in [0.1, 0.15) is 11.3 Å². The predicted molar refractivity (Wildman–Crippen MR) is 76.5 cm³/mol. The molecule has 2 aromatic heterocycles. The number of para-hydroxylation sites is 2. The first-order valence-electron chi connectivity index (χ1n) is 6.15. The fourth-order valence-corrected chi connectivity index (χ4v) is 2.05. The summed E-state index contributed by atoms with van der Waals surface area (Å²) in [5.41, 5.74) is 3.92. The molecule has 0 atom stereocenters. The zero-order valence-electron chi connectivity index (χ0n) is 10.9. The number of benzene rings is 1. The molecule has 0 fully saturated rings. The van der Waals surface area contributed by atoms with E-state index >= 15 is 0 Å². The highest BCUT2D eigenvalue weighted by Crippen LogP contribution is 2.16. The van der Waals surface area contributed by atoms with Crippen molar-refractivity contribution in [3.63, 3.8) is 0 Å². The van der Waals surface area contributed by atoms with Crippen molar-refractivity contribution in [1.82, 2.24) is 15.0 Å². The van der Waals surface area contributed by atoms with E-state index in [0.717, 1.165) is 22.5 Å². The number of anilines is 2. The third-order valence-electron chi connectivity index (χ3n) is 2.80. The van der Waals surface area contributed by atoms with Crippen molar-refractivity contribution in [2.75, 3.05) is 5.32 Å². The minimum Gasteiger partial charge on any atom is -0.324 e. The summed E-state index contributed by atoms with van der Waals surface area (Å²) in [7, 11) is 0. The van der Waals surface area contributed by atoms with Crippen molar-refractivity contribution in [3.05, 3.63) is 53.9 Å². The van der Waals surface area contributed by atoms with Gasteiger partial charge in [-0.2, -0.15) is 0 Å². The molecular weight excluding hydrogens is 236 g/mol. The van der Waals surface area contributed by atoms with Gasteiger partial charge in [-0.15, -0.1) is 0 Å². The van der Waals surface area contributed by atoms with Gasteiger partial charge in [-0.3, -0.25) is 4.98 Å². The van der Waals surface area contributed by atoms with E-state index < -0.39 is 0 Å². The van der Waals surface area contributed by atoms with Crippen LogP contribution in [0.15, 0.2) is 42.6 Å². The van der Waals surface area contributed by atoms with E-state index in [-0.39, 0.29) is 0 Å². The Morgan fingerprint density at radius 2 is 1.68 bits per heavy atom. The smallest absolute Gasteiger partial charge is 0.150 e. The van der Waals surface area contributed by atoms with Crippen LogP contribution in [0, 0.1) is 13.8 Å². The van der Waals surface area contributed by atoms with Crippen LogP contribution < -0.4 is 5.32 Å². The molecule has 0 saturated heterocycles. The number of hydrogen-bond donors (Lipinski definition) is 1. The molecule has 1 aromatic carbocycles. The van der Waals surface area contributed by atoms with Gasteiger partial charge < -0.3 is 5.32 Å². The van der Waals surface area contributed by atoms with Crippen LogP contribution in [0.5, 0.6) is 0 Å². The van der Waals surface area contributed by atoms with Crippen molar-refractivity contribution in [3.8, 4) is 0 Å². The first-order chi connectivity index (χ1) is 9.20. The van der Waals surface area contributed by atoms with Crippen LogP contribution >= 0.6 is 0 Å². The highest BCUT2D eigenvalue weighted by Gasteiger charge is 2.02. The van der Waals surface area contributed by atoms with Gasteiger partial charge in [-0.25, -0.2) is 9.97 Å². The van der Waals surface area contributed by atoms with Crippen molar-refractivity contribution in [2.45, 2.75) is 13.8 Å². The summed E-state index contributed by atoms with van der Waals surface area (Å²) < 4.78 is 0. The third kappa shape index (κ3) is 2.52. The van der Waals surface area contributed by atoms with E-state index in [1.54, 1.807) is 6.20 Å². The molecule has 0 saturated carbocycles. The molecule has 2 heterocycles. The number of fused-ring (bicyclic) bond motifs is 1. The van der Waals surface area contributed by atoms with Crippen LogP contribution in [-0.4, -0.2) is 15.0 Å². The normalized spacial score (nSPS) is 10.6. The van der Waals surface area contributed by atoms with Crippen molar-refractivity contribution in [2.24, 2.45) is 0 Å². The lowest BCUT2D eigenvalue weighted by molar-refractivity contribution is 1.16. The summed E-state index contributed by atoms with van der Waals surface area (Å²) in [6, 6.07) is 11.8. The Kier molecular flexibility index (Phi) is 2.83. The molecule has 0 amide bonds. The van der Waals surface area contributed by atoms with E-state index in [1.165, 1.54) is 5.56 Å². The summed E-state index contributed by atoms with van der Waals surface area (Å²) >= 11 is 0. The number of nitrogens with zero attached hydrogens (tertiary/aromatic N) is 3. The molecule has 3 rings (SSSR count). The second-order valence-corrected chi connectivity index (χ2v) is 4.54. The van der Waals surface area contributed by atoms with Gasteiger partial charge in [0.25, 0.3) is 0 Å². The zero-order valence-corrected chi connectivity index (χ0v) is 10.9. The summed E-state index contributed by atoms with van der Waals surface area (Å²) in [5.74, 6) is 1.50. The molecule has 0 unspecified atom stereocenters. The van der Waals surface area contributed by atoms with Crippen LogP contribution in [0.2, 0.25) is 0 Å². The third-order valence-corrected chi connectivity index (χ3v) is 2.80. The topological polar surface area (TPSA) is 50.7 Å². The van der Waals surface area contributed by atoms with E-state index in [1.807, 2.05) is 50.2 Å². The molecule has 0 spiro atoms. The fourth-order valence-electron chi connectivity index (χ4n) is 2.05. The van der Waals surface area contributed by atoms with Crippen molar-refractivity contribution < 1.29 is 0 Å². The van der Waals surface area contributed by atoms with Crippen LogP contribution in [0.4, 0.5) is 11.6 Å². The van der Waals surface area contributed by atoms with E-state index in [4.69, 9.17) is 0 Å². The van der Waals surface area contributed by atoms with Crippen LogP contribution in [0.25, 0.3) is 11.0 Å². The highest BCUT2D eigenvalue weighted by molar-refractivity contribution is 5.75. The molecule has 0 aliphatic heterocycles. The van der Waals surface area contributed by atoms with Crippen LogP contribution in [-0.2, 0) is 0 Å². The van der Waals surface area contributed by atoms with E-state index in [2.05, 4.69) is 20.3 Å². The molecule has 4 heteroatoms. The van der Waals surface area contributed by atoms with E-state index in [9.17, 15) is 0 Å². The highest BCUT2D eigenvalue weighted by atomic mass is 15.1. The minimum atomic E-state index is 0.705. The molecular formula is C15H14N4. The summed E-state index contributed by atoms with van der Waals surface area (Å²) in [6.45, 7) is 4.02. The molecule has 3 aromatic rings. The lowest BCUT2D eigenvalue weighted by atomic mass is 10.2. The Balaban J connectivity index is 1.96. The number of nitrogens with one attached hydrogen (secondary N) is 1. The van der Waals surface area contributed by atoms with Gasteiger partial charge in [0.15, 0.2) is 5.82 Å². The molecule has 0 aliphatic carbocycles. The average molecular weight is 250 g/mol. The van der Waals surface area contributed by atoms with Crippen molar-refractivity contribution in [1.29, 1.82) is 0 Å². The molecule has 1 N–H and O–H groups in total. The number of rotatable bonds is 2.